The highest BCUT2D eigenvalue weighted by molar-refractivity contribution is 6.07. The van der Waals surface area contributed by atoms with Gasteiger partial charge in [-0.2, -0.15) is 0 Å². The molecule has 4 heteroatoms. The molecule has 3 aromatic carbocycles. The first kappa shape index (κ1) is 18.9. The third-order valence-corrected chi connectivity index (χ3v) is 6.45. The first-order chi connectivity index (χ1) is 14.7. The number of likely N-dealkylation sites (tertiary alicyclic amines) is 1. The highest BCUT2D eigenvalue weighted by Gasteiger charge is 2.33. The van der Waals surface area contributed by atoms with Crippen LogP contribution in [-0.2, 0) is 11.2 Å². The van der Waals surface area contributed by atoms with E-state index in [-0.39, 0.29) is 17.7 Å². The van der Waals surface area contributed by atoms with Crippen LogP contribution in [0.25, 0.3) is 10.8 Å². The van der Waals surface area contributed by atoms with Crippen LogP contribution in [0, 0.1) is 5.92 Å². The Kier molecular flexibility index (Phi) is 4.99. The standard InChI is InChI=1S/C26H26N2O2/c29-25(28-17-7-11-20-9-2-4-15-24(20)28)21-12-6-16-27(18-21)26(30)23-14-5-10-19-8-1-3-13-22(19)23/h1-5,8-10,13-15,21H,6-7,11-12,16-18H2. The topological polar surface area (TPSA) is 40.6 Å². The molecule has 0 N–H and O–H groups in total. The fourth-order valence-electron chi connectivity index (χ4n) is 4.93. The molecular weight excluding hydrogens is 372 g/mol. The molecule has 152 valence electrons. The third-order valence-electron chi connectivity index (χ3n) is 6.45. The number of nitrogens with zero attached hydrogens (tertiary/aromatic N) is 2. The van der Waals surface area contributed by atoms with Gasteiger partial charge in [-0.25, -0.2) is 0 Å². The normalized spacial score (nSPS) is 18.9. The number of piperidine rings is 1. The van der Waals surface area contributed by atoms with Gasteiger partial charge in [0.1, 0.15) is 0 Å². The Morgan fingerprint density at radius 2 is 1.63 bits per heavy atom. The summed E-state index contributed by atoms with van der Waals surface area (Å²) in [5.74, 6) is 0.0600. The molecule has 2 heterocycles. The Morgan fingerprint density at radius 3 is 2.57 bits per heavy atom. The second-order valence-corrected chi connectivity index (χ2v) is 8.34. The Hall–Kier alpha value is -3.14. The van der Waals surface area contributed by atoms with Crippen molar-refractivity contribution in [3.63, 3.8) is 0 Å². The molecule has 1 atom stereocenters. The fourth-order valence-corrected chi connectivity index (χ4v) is 4.93. The number of anilines is 1. The number of amides is 2. The second-order valence-electron chi connectivity index (χ2n) is 8.34. The lowest BCUT2D eigenvalue weighted by Gasteiger charge is -2.37. The minimum atomic E-state index is -0.135. The molecule has 0 bridgehead atoms. The summed E-state index contributed by atoms with van der Waals surface area (Å²) in [5.41, 5.74) is 3.02. The maximum atomic E-state index is 13.4. The first-order valence-corrected chi connectivity index (χ1v) is 10.9. The smallest absolute Gasteiger partial charge is 0.254 e. The van der Waals surface area contributed by atoms with E-state index in [4.69, 9.17) is 0 Å². The van der Waals surface area contributed by atoms with E-state index in [1.165, 1.54) is 5.56 Å². The van der Waals surface area contributed by atoms with Gasteiger partial charge in [-0.15, -0.1) is 0 Å². The molecule has 0 aromatic heterocycles. The molecule has 0 radical (unpaired) electrons. The van der Waals surface area contributed by atoms with Gasteiger partial charge in [-0.05, 0) is 54.2 Å². The summed E-state index contributed by atoms with van der Waals surface area (Å²) in [6, 6.07) is 22.1. The zero-order chi connectivity index (χ0) is 20.5. The molecular formula is C26H26N2O2. The van der Waals surface area contributed by atoms with Crippen LogP contribution >= 0.6 is 0 Å². The molecule has 1 unspecified atom stereocenters. The lowest BCUT2D eigenvalue weighted by Crippen LogP contribution is -2.48. The van der Waals surface area contributed by atoms with Gasteiger partial charge in [0.25, 0.3) is 5.91 Å². The SMILES string of the molecule is O=C(c1cccc2ccccc12)N1CCCC(C(=O)N2CCCc3ccccc32)C1. The van der Waals surface area contributed by atoms with Crippen LogP contribution in [-0.4, -0.2) is 36.3 Å². The van der Waals surface area contributed by atoms with Gasteiger partial charge >= 0.3 is 0 Å². The molecule has 5 rings (SSSR count). The molecule has 2 amide bonds. The number of fused-ring (bicyclic) bond motifs is 2. The van der Waals surface area contributed by atoms with Crippen molar-refractivity contribution in [2.75, 3.05) is 24.5 Å². The van der Waals surface area contributed by atoms with E-state index in [2.05, 4.69) is 6.07 Å². The summed E-state index contributed by atoms with van der Waals surface area (Å²) in [6.45, 7) is 1.98. The van der Waals surface area contributed by atoms with Crippen molar-refractivity contribution in [1.82, 2.24) is 4.90 Å². The highest BCUT2D eigenvalue weighted by Crippen LogP contribution is 2.30. The fraction of sp³-hybridized carbons (Fsp3) is 0.308. The van der Waals surface area contributed by atoms with Crippen molar-refractivity contribution < 1.29 is 9.59 Å². The largest absolute Gasteiger partial charge is 0.338 e. The monoisotopic (exact) mass is 398 g/mol. The van der Waals surface area contributed by atoms with Gasteiger partial charge in [0.05, 0.1) is 5.92 Å². The third kappa shape index (κ3) is 3.36. The number of hydrogen-bond donors (Lipinski definition) is 0. The number of carbonyl (C=O) groups excluding carboxylic acids is 2. The van der Waals surface area contributed by atoms with Crippen LogP contribution in [0.5, 0.6) is 0 Å². The number of rotatable bonds is 2. The number of aryl methyl sites for hydroxylation is 1. The van der Waals surface area contributed by atoms with Gasteiger partial charge in [-0.3, -0.25) is 9.59 Å². The zero-order valence-electron chi connectivity index (χ0n) is 17.1. The quantitative estimate of drug-likeness (QED) is 0.629. The van der Waals surface area contributed by atoms with E-state index in [1.807, 2.05) is 70.5 Å². The molecule has 1 saturated heterocycles. The average molecular weight is 399 g/mol. The van der Waals surface area contributed by atoms with E-state index in [9.17, 15) is 9.59 Å². The van der Waals surface area contributed by atoms with Crippen molar-refractivity contribution in [3.8, 4) is 0 Å². The van der Waals surface area contributed by atoms with Gasteiger partial charge in [0.2, 0.25) is 5.91 Å². The van der Waals surface area contributed by atoms with Gasteiger partial charge in [-0.1, -0.05) is 54.6 Å². The highest BCUT2D eigenvalue weighted by atomic mass is 16.2. The van der Waals surface area contributed by atoms with Crippen LogP contribution < -0.4 is 4.90 Å². The average Bonchev–Trinajstić information content (AvgIpc) is 2.82. The Labute approximate surface area is 177 Å². The predicted octanol–water partition coefficient (Wildman–Crippen LogP) is 4.67. The van der Waals surface area contributed by atoms with Gasteiger partial charge in [0, 0.05) is 30.9 Å². The van der Waals surface area contributed by atoms with Gasteiger partial charge in [0.15, 0.2) is 0 Å². The molecule has 0 spiro atoms. The molecule has 3 aromatic rings. The maximum absolute atomic E-state index is 13.4. The van der Waals surface area contributed by atoms with E-state index >= 15 is 0 Å². The lowest BCUT2D eigenvalue weighted by atomic mass is 9.93. The number of benzene rings is 3. The number of carbonyl (C=O) groups is 2. The maximum Gasteiger partial charge on any atom is 0.254 e. The van der Waals surface area contributed by atoms with E-state index < -0.39 is 0 Å². The van der Waals surface area contributed by atoms with Crippen molar-refractivity contribution in [3.05, 3.63) is 77.9 Å². The summed E-state index contributed by atoms with van der Waals surface area (Å²) in [6.07, 6.45) is 3.73. The second kappa shape index (κ2) is 7.94. The Bertz CT molecular complexity index is 1100. The molecule has 1 fully saturated rings. The van der Waals surface area contributed by atoms with Crippen LogP contribution in [0.4, 0.5) is 5.69 Å². The van der Waals surface area contributed by atoms with Crippen LogP contribution in [0.2, 0.25) is 0 Å². The summed E-state index contributed by atoms with van der Waals surface area (Å²) in [7, 11) is 0. The molecule has 0 aliphatic carbocycles. The van der Waals surface area contributed by atoms with Crippen molar-refractivity contribution in [2.45, 2.75) is 25.7 Å². The summed E-state index contributed by atoms with van der Waals surface area (Å²) >= 11 is 0. The van der Waals surface area contributed by atoms with Crippen molar-refractivity contribution >= 4 is 28.3 Å². The van der Waals surface area contributed by atoms with E-state index in [0.717, 1.165) is 54.3 Å². The van der Waals surface area contributed by atoms with E-state index in [0.29, 0.717) is 13.1 Å². The van der Waals surface area contributed by atoms with Crippen LogP contribution in [0.3, 0.4) is 0 Å². The molecule has 0 saturated carbocycles. The minimum Gasteiger partial charge on any atom is -0.338 e. The van der Waals surface area contributed by atoms with Crippen LogP contribution in [0.15, 0.2) is 66.7 Å². The molecule has 30 heavy (non-hydrogen) atoms. The molecule has 2 aliphatic rings. The molecule has 4 nitrogen and oxygen atoms in total. The van der Waals surface area contributed by atoms with Crippen LogP contribution in [0.1, 0.15) is 35.2 Å². The Morgan fingerprint density at radius 1 is 0.833 bits per heavy atom. The van der Waals surface area contributed by atoms with E-state index in [1.54, 1.807) is 0 Å². The first-order valence-electron chi connectivity index (χ1n) is 10.9. The summed E-state index contributed by atoms with van der Waals surface area (Å²) in [5, 5.41) is 2.04. The summed E-state index contributed by atoms with van der Waals surface area (Å²) < 4.78 is 0. The van der Waals surface area contributed by atoms with Gasteiger partial charge < -0.3 is 9.80 Å². The molecule has 2 aliphatic heterocycles. The van der Waals surface area contributed by atoms with Crippen molar-refractivity contribution in [1.29, 1.82) is 0 Å². The lowest BCUT2D eigenvalue weighted by molar-refractivity contribution is -0.123. The minimum absolute atomic E-state index is 0.0309. The Balaban J connectivity index is 1.37. The predicted molar refractivity (Wildman–Crippen MR) is 120 cm³/mol. The number of hydrogen-bond acceptors (Lipinski definition) is 2. The number of para-hydroxylation sites is 1. The zero-order valence-corrected chi connectivity index (χ0v) is 17.1. The van der Waals surface area contributed by atoms with Crippen molar-refractivity contribution in [2.24, 2.45) is 5.92 Å². The summed E-state index contributed by atoms with van der Waals surface area (Å²) in [4.78, 5) is 30.6.